The number of rotatable bonds is 2. The van der Waals surface area contributed by atoms with Crippen LogP contribution in [-0.4, -0.2) is 8.97 Å². The number of fused-ring (bicyclic) bond motifs is 7. The number of pyridine rings is 1. The third-order valence-corrected chi connectivity index (χ3v) is 6.52. The first kappa shape index (κ1) is 17.4. The van der Waals surface area contributed by atoms with Gasteiger partial charge in [-0.1, -0.05) is 84.9 Å². The molecule has 32 heavy (non-hydrogen) atoms. The van der Waals surface area contributed by atoms with Crippen LogP contribution in [0.25, 0.3) is 55.0 Å². The Hall–Kier alpha value is -4.30. The van der Waals surface area contributed by atoms with E-state index in [1.807, 2.05) is 0 Å². The topological polar surface area (TPSA) is 9.34 Å². The van der Waals surface area contributed by atoms with E-state index in [9.17, 15) is 0 Å². The van der Waals surface area contributed by atoms with Crippen LogP contribution in [0.5, 0.6) is 0 Å². The minimum Gasteiger partial charge on any atom is -0.314 e. The third kappa shape index (κ3) is 2.29. The maximum Gasteiger partial charge on any atom is 0.0790 e. The second-order valence-corrected chi connectivity index (χ2v) is 8.24. The van der Waals surface area contributed by atoms with Crippen molar-refractivity contribution in [2.75, 3.05) is 0 Å². The fourth-order valence-corrected chi connectivity index (χ4v) is 5.21. The highest BCUT2D eigenvalue weighted by Crippen LogP contribution is 2.42. The molecule has 0 saturated heterocycles. The molecule has 0 fully saturated rings. The van der Waals surface area contributed by atoms with Crippen molar-refractivity contribution in [1.29, 1.82) is 0 Å². The zero-order valence-electron chi connectivity index (χ0n) is 17.4. The predicted molar refractivity (Wildman–Crippen MR) is 135 cm³/mol. The number of para-hydroxylation sites is 3. The fourth-order valence-electron chi connectivity index (χ4n) is 5.21. The second-order valence-electron chi connectivity index (χ2n) is 8.24. The highest BCUT2D eigenvalue weighted by atomic mass is 15.0. The van der Waals surface area contributed by atoms with Crippen molar-refractivity contribution in [3.8, 4) is 16.8 Å². The summed E-state index contributed by atoms with van der Waals surface area (Å²) in [5.74, 6) is 0. The number of aromatic nitrogens is 2. The van der Waals surface area contributed by atoms with Crippen LogP contribution in [0.4, 0.5) is 0 Å². The van der Waals surface area contributed by atoms with Crippen LogP contribution >= 0.6 is 0 Å². The minimum absolute atomic E-state index is 1.18. The van der Waals surface area contributed by atoms with E-state index >= 15 is 0 Å². The smallest absolute Gasteiger partial charge is 0.0790 e. The molecular formula is C30H20N2. The van der Waals surface area contributed by atoms with E-state index < -0.39 is 0 Å². The van der Waals surface area contributed by atoms with Crippen LogP contribution in [-0.2, 0) is 0 Å². The van der Waals surface area contributed by atoms with E-state index in [2.05, 4.69) is 130 Å². The first-order valence-corrected chi connectivity index (χ1v) is 11.0. The molecule has 0 amide bonds. The first-order chi connectivity index (χ1) is 15.9. The van der Waals surface area contributed by atoms with Gasteiger partial charge in [-0.3, -0.25) is 0 Å². The lowest BCUT2D eigenvalue weighted by Gasteiger charge is -2.10. The molecule has 0 bridgehead atoms. The molecule has 0 aliphatic heterocycles. The van der Waals surface area contributed by atoms with Gasteiger partial charge < -0.3 is 8.97 Å². The zero-order valence-corrected chi connectivity index (χ0v) is 17.4. The number of benzene rings is 4. The summed E-state index contributed by atoms with van der Waals surface area (Å²) in [7, 11) is 0. The van der Waals surface area contributed by atoms with Gasteiger partial charge in [-0.15, -0.1) is 0 Å². The zero-order chi connectivity index (χ0) is 21.1. The molecule has 0 aliphatic rings. The molecule has 3 aromatic heterocycles. The molecule has 0 unspecified atom stereocenters. The van der Waals surface area contributed by atoms with E-state index in [1.165, 1.54) is 55.0 Å². The Morgan fingerprint density at radius 2 is 1.06 bits per heavy atom. The average molecular weight is 409 g/mol. The van der Waals surface area contributed by atoms with Gasteiger partial charge in [0.1, 0.15) is 0 Å². The molecule has 7 rings (SSSR count). The summed E-state index contributed by atoms with van der Waals surface area (Å²) in [6, 6.07) is 41.2. The molecular weight excluding hydrogens is 388 g/mol. The molecule has 0 N–H and O–H groups in total. The summed E-state index contributed by atoms with van der Waals surface area (Å²) in [5, 5.41) is 3.83. The molecule has 150 valence electrons. The lowest BCUT2D eigenvalue weighted by atomic mass is 10.0. The molecule has 2 nitrogen and oxygen atoms in total. The van der Waals surface area contributed by atoms with E-state index in [0.717, 1.165) is 0 Å². The van der Waals surface area contributed by atoms with Gasteiger partial charge in [-0.25, -0.2) is 0 Å². The molecule has 0 spiro atoms. The lowest BCUT2D eigenvalue weighted by Crippen LogP contribution is -1.96. The van der Waals surface area contributed by atoms with Crippen LogP contribution in [0.2, 0.25) is 0 Å². The Balaban J connectivity index is 1.81. The van der Waals surface area contributed by atoms with Gasteiger partial charge in [0.2, 0.25) is 0 Å². The number of nitrogens with zero attached hydrogens (tertiary/aromatic N) is 2. The monoisotopic (exact) mass is 408 g/mol. The van der Waals surface area contributed by atoms with Crippen molar-refractivity contribution < 1.29 is 0 Å². The highest BCUT2D eigenvalue weighted by molar-refractivity contribution is 6.20. The molecule has 0 radical (unpaired) electrons. The second kappa shape index (κ2) is 6.60. The summed E-state index contributed by atoms with van der Waals surface area (Å²) < 4.78 is 4.78. The number of hydrogen-bond donors (Lipinski definition) is 0. The molecule has 0 saturated carbocycles. The van der Waals surface area contributed by atoms with Crippen molar-refractivity contribution in [3.05, 3.63) is 121 Å². The standard InChI is InChI=1S/C30H20N2/c1-3-11-21(12-4-1)28-25-16-8-9-17-26(25)31-20-19-24-23-15-7-10-18-27(23)32(29(24)30(28)31)22-13-5-2-6-14-22/h1-20H. The molecule has 7 aromatic rings. The van der Waals surface area contributed by atoms with Gasteiger partial charge in [-0.05, 0) is 35.9 Å². The van der Waals surface area contributed by atoms with Gasteiger partial charge >= 0.3 is 0 Å². The summed E-state index contributed by atoms with van der Waals surface area (Å²) in [6.45, 7) is 0. The van der Waals surface area contributed by atoms with Crippen LogP contribution < -0.4 is 0 Å². The minimum atomic E-state index is 1.18. The first-order valence-electron chi connectivity index (χ1n) is 11.0. The van der Waals surface area contributed by atoms with Crippen molar-refractivity contribution in [2.24, 2.45) is 0 Å². The molecule has 0 aliphatic carbocycles. The van der Waals surface area contributed by atoms with Crippen molar-refractivity contribution in [2.45, 2.75) is 0 Å². The Morgan fingerprint density at radius 1 is 0.438 bits per heavy atom. The summed E-state index contributed by atoms with van der Waals surface area (Å²) in [6.07, 6.45) is 2.23. The van der Waals surface area contributed by atoms with E-state index in [0.29, 0.717) is 0 Å². The van der Waals surface area contributed by atoms with Gasteiger partial charge in [0.15, 0.2) is 0 Å². The summed E-state index contributed by atoms with van der Waals surface area (Å²) in [4.78, 5) is 0. The van der Waals surface area contributed by atoms with Gasteiger partial charge in [0, 0.05) is 33.6 Å². The Labute approximate surface area is 185 Å². The Kier molecular flexibility index (Phi) is 3.58. The number of hydrogen-bond acceptors (Lipinski definition) is 0. The van der Waals surface area contributed by atoms with Gasteiger partial charge in [-0.2, -0.15) is 0 Å². The third-order valence-electron chi connectivity index (χ3n) is 6.52. The van der Waals surface area contributed by atoms with Crippen LogP contribution in [0.1, 0.15) is 0 Å². The van der Waals surface area contributed by atoms with E-state index in [4.69, 9.17) is 0 Å². The van der Waals surface area contributed by atoms with Crippen molar-refractivity contribution in [3.63, 3.8) is 0 Å². The van der Waals surface area contributed by atoms with Crippen LogP contribution in [0, 0.1) is 0 Å². The maximum atomic E-state index is 2.42. The average Bonchev–Trinajstić information content (AvgIpc) is 3.38. The molecule has 4 aromatic carbocycles. The SMILES string of the molecule is c1ccc(-c2c3ccccc3n3ccc4c5ccccc5n(-c5ccccc5)c4c23)cc1. The fraction of sp³-hybridized carbons (Fsp3) is 0. The summed E-state index contributed by atoms with van der Waals surface area (Å²) in [5.41, 5.74) is 8.65. The quantitative estimate of drug-likeness (QED) is 0.275. The van der Waals surface area contributed by atoms with Gasteiger partial charge in [0.25, 0.3) is 0 Å². The van der Waals surface area contributed by atoms with Crippen molar-refractivity contribution >= 4 is 38.2 Å². The van der Waals surface area contributed by atoms with E-state index in [1.54, 1.807) is 0 Å². The Morgan fingerprint density at radius 3 is 1.84 bits per heavy atom. The maximum absolute atomic E-state index is 2.42. The van der Waals surface area contributed by atoms with Gasteiger partial charge in [0.05, 0.1) is 22.1 Å². The van der Waals surface area contributed by atoms with Crippen LogP contribution in [0.15, 0.2) is 121 Å². The normalized spacial score (nSPS) is 11.8. The largest absolute Gasteiger partial charge is 0.314 e. The Bertz CT molecular complexity index is 1620. The lowest BCUT2D eigenvalue weighted by molar-refractivity contribution is 1.17. The molecule has 0 atom stereocenters. The highest BCUT2D eigenvalue weighted by Gasteiger charge is 2.21. The van der Waals surface area contributed by atoms with Crippen LogP contribution in [0.3, 0.4) is 0 Å². The summed E-state index contributed by atoms with van der Waals surface area (Å²) >= 11 is 0. The van der Waals surface area contributed by atoms with E-state index in [-0.39, 0.29) is 0 Å². The van der Waals surface area contributed by atoms with Crippen molar-refractivity contribution in [1.82, 2.24) is 8.97 Å². The molecule has 2 heteroatoms. The molecule has 3 heterocycles. The predicted octanol–water partition coefficient (Wildman–Crippen LogP) is 7.86.